The summed E-state index contributed by atoms with van der Waals surface area (Å²) < 4.78 is 4.90. The molecule has 0 aromatic carbocycles. The Balaban J connectivity index is 1.99. The Morgan fingerprint density at radius 1 is 1.50 bits per heavy atom. The lowest BCUT2D eigenvalue weighted by Crippen LogP contribution is -2.24. The topological polar surface area (TPSA) is 106 Å². The van der Waals surface area contributed by atoms with Crippen molar-refractivity contribution in [1.29, 1.82) is 0 Å². The minimum absolute atomic E-state index is 0.283. The Morgan fingerprint density at radius 2 is 2.33 bits per heavy atom. The predicted molar refractivity (Wildman–Crippen MR) is 64.5 cm³/mol. The number of rotatable bonds is 4. The molecule has 1 amide bonds. The van der Waals surface area contributed by atoms with Gasteiger partial charge in [-0.2, -0.15) is 0 Å². The maximum atomic E-state index is 11.8. The third-order valence-corrected chi connectivity index (χ3v) is 2.24. The van der Waals surface area contributed by atoms with Gasteiger partial charge in [-0.3, -0.25) is 4.79 Å². The maximum Gasteiger partial charge on any atom is 0.270 e. The van der Waals surface area contributed by atoms with Crippen LogP contribution in [0.15, 0.2) is 28.8 Å². The molecule has 0 radical (unpaired) electrons. The molecule has 4 N–H and O–H groups in total. The van der Waals surface area contributed by atoms with E-state index < -0.39 is 0 Å². The summed E-state index contributed by atoms with van der Waals surface area (Å²) >= 11 is 0. The lowest BCUT2D eigenvalue weighted by atomic mass is 10.3. The SMILES string of the molecule is Cc1cc(CNC(=O)c2cccc(NN)n2)no1. The summed E-state index contributed by atoms with van der Waals surface area (Å²) in [7, 11) is 0. The second kappa shape index (κ2) is 5.28. The van der Waals surface area contributed by atoms with Gasteiger partial charge < -0.3 is 15.3 Å². The van der Waals surface area contributed by atoms with Crippen molar-refractivity contribution in [1.82, 2.24) is 15.5 Å². The fourth-order valence-corrected chi connectivity index (χ4v) is 1.40. The first-order valence-corrected chi connectivity index (χ1v) is 5.33. The number of nitrogens with one attached hydrogen (secondary N) is 2. The van der Waals surface area contributed by atoms with Crippen LogP contribution in [0.4, 0.5) is 5.82 Å². The zero-order valence-corrected chi connectivity index (χ0v) is 9.80. The summed E-state index contributed by atoms with van der Waals surface area (Å²) in [5.74, 6) is 6.05. The largest absolute Gasteiger partial charge is 0.361 e. The van der Waals surface area contributed by atoms with Gasteiger partial charge in [0.2, 0.25) is 0 Å². The molecule has 94 valence electrons. The minimum Gasteiger partial charge on any atom is -0.361 e. The number of carbonyl (C=O) groups excluding carboxylic acids is 1. The minimum atomic E-state index is -0.298. The summed E-state index contributed by atoms with van der Waals surface area (Å²) in [6, 6.07) is 6.71. The van der Waals surface area contributed by atoms with E-state index in [2.05, 4.69) is 20.9 Å². The van der Waals surface area contributed by atoms with Crippen molar-refractivity contribution in [2.75, 3.05) is 5.43 Å². The number of amides is 1. The van der Waals surface area contributed by atoms with Crippen molar-refractivity contribution >= 4 is 11.7 Å². The Hall–Kier alpha value is -2.41. The van der Waals surface area contributed by atoms with Gasteiger partial charge in [0.15, 0.2) is 0 Å². The van der Waals surface area contributed by atoms with Crippen molar-refractivity contribution in [3.05, 3.63) is 41.4 Å². The van der Waals surface area contributed by atoms with E-state index in [1.165, 1.54) is 0 Å². The molecule has 0 aliphatic rings. The number of anilines is 1. The standard InChI is InChI=1S/C11H13N5O2/c1-7-5-8(16-18-7)6-13-11(17)9-3-2-4-10(14-9)15-12/h2-5H,6,12H2,1H3,(H,13,17)(H,14,15). The summed E-state index contributed by atoms with van der Waals surface area (Å²) in [6.45, 7) is 2.08. The molecule has 0 saturated carbocycles. The van der Waals surface area contributed by atoms with Crippen molar-refractivity contribution in [2.45, 2.75) is 13.5 Å². The first-order valence-electron chi connectivity index (χ1n) is 5.33. The molecule has 2 rings (SSSR count). The van der Waals surface area contributed by atoms with Gasteiger partial charge in [0.1, 0.15) is 23.0 Å². The molecular weight excluding hydrogens is 234 g/mol. The molecule has 2 aromatic heterocycles. The van der Waals surface area contributed by atoms with Crippen molar-refractivity contribution in [3.8, 4) is 0 Å². The number of aryl methyl sites for hydroxylation is 1. The van der Waals surface area contributed by atoms with Gasteiger partial charge in [0, 0.05) is 6.07 Å². The number of carbonyl (C=O) groups is 1. The van der Waals surface area contributed by atoms with Crippen LogP contribution in [0.5, 0.6) is 0 Å². The quantitative estimate of drug-likeness (QED) is 0.539. The van der Waals surface area contributed by atoms with Crippen LogP contribution in [0.1, 0.15) is 21.9 Å². The van der Waals surface area contributed by atoms with Crippen LogP contribution in [-0.4, -0.2) is 16.0 Å². The average Bonchev–Trinajstić information content (AvgIpc) is 2.82. The smallest absolute Gasteiger partial charge is 0.270 e. The molecule has 7 nitrogen and oxygen atoms in total. The number of aromatic nitrogens is 2. The van der Waals surface area contributed by atoms with Crippen LogP contribution in [0, 0.1) is 6.92 Å². The summed E-state index contributed by atoms with van der Waals surface area (Å²) in [4.78, 5) is 15.8. The first kappa shape index (κ1) is 12.1. The van der Waals surface area contributed by atoms with Gasteiger partial charge in [0.25, 0.3) is 5.91 Å². The predicted octanol–water partition coefficient (Wildman–Crippen LogP) is 0.594. The molecule has 0 saturated heterocycles. The van der Waals surface area contributed by atoms with E-state index >= 15 is 0 Å². The van der Waals surface area contributed by atoms with Crippen LogP contribution < -0.4 is 16.6 Å². The van der Waals surface area contributed by atoms with Gasteiger partial charge in [-0.05, 0) is 19.1 Å². The Morgan fingerprint density at radius 3 is 3.00 bits per heavy atom. The number of nitrogens with two attached hydrogens (primary N) is 1. The second-order valence-corrected chi connectivity index (χ2v) is 3.66. The van der Waals surface area contributed by atoms with E-state index in [1.54, 1.807) is 31.2 Å². The molecule has 2 aromatic rings. The van der Waals surface area contributed by atoms with Crippen molar-refractivity contribution in [2.24, 2.45) is 5.84 Å². The second-order valence-electron chi connectivity index (χ2n) is 3.66. The highest BCUT2D eigenvalue weighted by Gasteiger charge is 2.08. The highest BCUT2D eigenvalue weighted by atomic mass is 16.5. The fourth-order valence-electron chi connectivity index (χ4n) is 1.40. The zero-order chi connectivity index (χ0) is 13.0. The third-order valence-electron chi connectivity index (χ3n) is 2.24. The first-order chi connectivity index (χ1) is 8.69. The number of nitrogens with zero attached hydrogens (tertiary/aromatic N) is 2. The Labute approximate surface area is 103 Å². The van der Waals surface area contributed by atoms with E-state index in [4.69, 9.17) is 10.4 Å². The van der Waals surface area contributed by atoms with Gasteiger partial charge in [-0.25, -0.2) is 10.8 Å². The molecule has 0 fully saturated rings. The molecule has 0 aliphatic carbocycles. The van der Waals surface area contributed by atoms with E-state index in [0.29, 0.717) is 17.3 Å². The van der Waals surface area contributed by atoms with Gasteiger partial charge in [0.05, 0.1) is 6.54 Å². The van der Waals surface area contributed by atoms with Crippen molar-refractivity contribution < 1.29 is 9.32 Å². The number of nitrogen functional groups attached to an aromatic ring is 1. The number of hydrazine groups is 1. The fraction of sp³-hybridized carbons (Fsp3) is 0.182. The molecule has 0 bridgehead atoms. The lowest BCUT2D eigenvalue weighted by molar-refractivity contribution is 0.0945. The number of pyridine rings is 1. The van der Waals surface area contributed by atoms with E-state index in [9.17, 15) is 4.79 Å². The normalized spacial score (nSPS) is 10.1. The van der Waals surface area contributed by atoms with Crippen LogP contribution in [0.3, 0.4) is 0 Å². The molecule has 2 heterocycles. The highest BCUT2D eigenvalue weighted by Crippen LogP contribution is 2.04. The molecular formula is C11H13N5O2. The Bertz CT molecular complexity index is 552. The molecule has 0 atom stereocenters. The van der Waals surface area contributed by atoms with E-state index in [-0.39, 0.29) is 18.1 Å². The molecule has 0 spiro atoms. The van der Waals surface area contributed by atoms with Crippen LogP contribution in [0.2, 0.25) is 0 Å². The maximum absolute atomic E-state index is 11.8. The summed E-state index contributed by atoms with van der Waals surface area (Å²) in [6.07, 6.45) is 0. The van der Waals surface area contributed by atoms with Crippen LogP contribution >= 0.6 is 0 Å². The van der Waals surface area contributed by atoms with Gasteiger partial charge >= 0.3 is 0 Å². The zero-order valence-electron chi connectivity index (χ0n) is 9.80. The van der Waals surface area contributed by atoms with Gasteiger partial charge in [-0.15, -0.1) is 0 Å². The number of hydrogen-bond donors (Lipinski definition) is 3. The molecule has 7 heteroatoms. The van der Waals surface area contributed by atoms with Crippen LogP contribution in [0.25, 0.3) is 0 Å². The molecule has 0 aliphatic heterocycles. The number of hydrogen-bond acceptors (Lipinski definition) is 6. The van der Waals surface area contributed by atoms with Crippen LogP contribution in [-0.2, 0) is 6.54 Å². The third kappa shape index (κ3) is 2.83. The van der Waals surface area contributed by atoms with Crippen molar-refractivity contribution in [3.63, 3.8) is 0 Å². The molecule has 0 unspecified atom stereocenters. The Kier molecular flexibility index (Phi) is 3.54. The van der Waals surface area contributed by atoms with Gasteiger partial charge in [-0.1, -0.05) is 11.2 Å². The van der Waals surface area contributed by atoms with E-state index in [1.807, 2.05) is 0 Å². The summed E-state index contributed by atoms with van der Waals surface area (Å²) in [5.41, 5.74) is 3.32. The highest BCUT2D eigenvalue weighted by molar-refractivity contribution is 5.92. The average molecular weight is 247 g/mol. The lowest BCUT2D eigenvalue weighted by Gasteiger charge is -2.04. The molecule has 18 heavy (non-hydrogen) atoms. The van der Waals surface area contributed by atoms with E-state index in [0.717, 1.165) is 0 Å². The monoisotopic (exact) mass is 247 g/mol. The summed E-state index contributed by atoms with van der Waals surface area (Å²) in [5, 5.41) is 6.46.